The fourth-order valence-electron chi connectivity index (χ4n) is 2.95. The summed E-state index contributed by atoms with van der Waals surface area (Å²) in [6.07, 6.45) is -7.35. The molecule has 1 aromatic heterocycles. The number of hydrogen-bond donors (Lipinski definition) is 0. The Morgan fingerprint density at radius 2 is 1.50 bits per heavy atom. The Morgan fingerprint density at radius 1 is 0.893 bits per heavy atom. The van der Waals surface area contributed by atoms with E-state index in [0.29, 0.717) is 0 Å². The zero-order valence-corrected chi connectivity index (χ0v) is 15.2. The lowest BCUT2D eigenvalue weighted by Gasteiger charge is -2.20. The minimum Gasteiger partial charge on any atom is -0.237 e. The molecule has 28 heavy (non-hydrogen) atoms. The van der Waals surface area contributed by atoms with Crippen LogP contribution in [-0.4, -0.2) is 20.9 Å². The van der Waals surface area contributed by atoms with Crippen molar-refractivity contribution in [3.8, 4) is 11.4 Å². The van der Waals surface area contributed by atoms with Gasteiger partial charge < -0.3 is 0 Å². The molecule has 2 aromatic carbocycles. The smallest absolute Gasteiger partial charge is 0.237 e. The molecular formula is C20H18F5N3. The van der Waals surface area contributed by atoms with Crippen LogP contribution < -0.4 is 0 Å². The maximum atomic E-state index is 13.4. The summed E-state index contributed by atoms with van der Waals surface area (Å²) in [4.78, 5) is 4.25. The van der Waals surface area contributed by atoms with Gasteiger partial charge >= 0.3 is 6.18 Å². The molecule has 2 atom stereocenters. The van der Waals surface area contributed by atoms with Crippen LogP contribution in [0.3, 0.4) is 0 Å². The second-order valence-corrected chi connectivity index (χ2v) is 6.48. The summed E-state index contributed by atoms with van der Waals surface area (Å²) >= 11 is 0. The zero-order chi connectivity index (χ0) is 20.5. The van der Waals surface area contributed by atoms with Crippen molar-refractivity contribution < 1.29 is 22.0 Å². The Morgan fingerprint density at radius 3 is 2.11 bits per heavy atom. The quantitative estimate of drug-likeness (QED) is 0.485. The normalized spacial score (nSPS) is 14.3. The molecule has 0 aliphatic carbocycles. The van der Waals surface area contributed by atoms with Gasteiger partial charge in [0.15, 0.2) is 5.82 Å². The van der Waals surface area contributed by atoms with Gasteiger partial charge in [-0.25, -0.2) is 18.4 Å². The highest BCUT2D eigenvalue weighted by Gasteiger charge is 2.40. The number of benzene rings is 2. The van der Waals surface area contributed by atoms with Crippen LogP contribution in [0.2, 0.25) is 0 Å². The monoisotopic (exact) mass is 395 g/mol. The number of aromatic nitrogens is 3. The first-order valence-electron chi connectivity index (χ1n) is 8.65. The van der Waals surface area contributed by atoms with Gasteiger partial charge in [-0.2, -0.15) is 18.3 Å². The van der Waals surface area contributed by atoms with Crippen molar-refractivity contribution in [1.82, 2.24) is 14.8 Å². The lowest BCUT2D eigenvalue weighted by atomic mass is 10.00. The van der Waals surface area contributed by atoms with E-state index in [9.17, 15) is 22.0 Å². The van der Waals surface area contributed by atoms with E-state index in [-0.39, 0.29) is 22.8 Å². The molecule has 0 spiro atoms. The molecule has 0 N–H and O–H groups in total. The van der Waals surface area contributed by atoms with Crippen molar-refractivity contribution in [2.45, 2.75) is 38.4 Å². The molecule has 8 heteroatoms. The highest BCUT2D eigenvalue weighted by Crippen LogP contribution is 2.36. The second kappa shape index (κ2) is 7.69. The van der Waals surface area contributed by atoms with Crippen molar-refractivity contribution in [2.75, 3.05) is 0 Å². The number of halogens is 5. The molecule has 3 rings (SSSR count). The minimum absolute atomic E-state index is 0.0205. The van der Waals surface area contributed by atoms with Gasteiger partial charge in [-0.05, 0) is 12.5 Å². The third kappa shape index (κ3) is 3.90. The molecule has 0 aliphatic heterocycles. The minimum atomic E-state index is -4.56. The van der Waals surface area contributed by atoms with E-state index < -0.39 is 24.6 Å². The van der Waals surface area contributed by atoms with Crippen molar-refractivity contribution >= 4 is 0 Å². The number of alkyl halides is 5. The standard InChI is InChI=1S/C20H18F5N3/c1-12(14-8-4-3-5-9-14)19-26-18(27-28(19)13(2)20(23,24)25)16-11-7-6-10-15(16)17(21)22/h3-13,17H,1-2H3/t12-,13?/m1/s1. The highest BCUT2D eigenvalue weighted by molar-refractivity contribution is 5.60. The van der Waals surface area contributed by atoms with Crippen molar-refractivity contribution in [1.29, 1.82) is 0 Å². The molecule has 0 bridgehead atoms. The summed E-state index contributed by atoms with van der Waals surface area (Å²) in [6, 6.07) is 12.5. The SMILES string of the molecule is CC(n1nc(-c2ccccc2C(F)F)nc1[C@H](C)c1ccccc1)C(F)(F)F. The van der Waals surface area contributed by atoms with Crippen molar-refractivity contribution in [3.05, 3.63) is 71.5 Å². The molecule has 0 radical (unpaired) electrons. The van der Waals surface area contributed by atoms with Gasteiger partial charge in [-0.3, -0.25) is 0 Å². The van der Waals surface area contributed by atoms with E-state index in [0.717, 1.165) is 17.2 Å². The lowest BCUT2D eigenvalue weighted by Crippen LogP contribution is -2.27. The fraction of sp³-hybridized carbons (Fsp3) is 0.300. The molecule has 0 aliphatic rings. The van der Waals surface area contributed by atoms with E-state index in [1.165, 1.54) is 24.3 Å². The van der Waals surface area contributed by atoms with Crippen LogP contribution in [0.25, 0.3) is 11.4 Å². The third-order valence-corrected chi connectivity index (χ3v) is 4.62. The Hall–Kier alpha value is -2.77. The molecule has 0 fully saturated rings. The van der Waals surface area contributed by atoms with Gasteiger partial charge in [0.2, 0.25) is 0 Å². The average molecular weight is 395 g/mol. The van der Waals surface area contributed by atoms with E-state index in [1.54, 1.807) is 37.3 Å². The lowest BCUT2D eigenvalue weighted by molar-refractivity contribution is -0.166. The van der Waals surface area contributed by atoms with Gasteiger partial charge in [0.25, 0.3) is 6.43 Å². The molecule has 0 amide bonds. The maximum absolute atomic E-state index is 13.4. The Bertz CT molecular complexity index is 935. The van der Waals surface area contributed by atoms with E-state index in [2.05, 4.69) is 10.1 Å². The van der Waals surface area contributed by atoms with E-state index >= 15 is 0 Å². The zero-order valence-electron chi connectivity index (χ0n) is 15.2. The Labute approximate surface area is 158 Å². The number of nitrogens with zero attached hydrogens (tertiary/aromatic N) is 3. The van der Waals surface area contributed by atoms with Crippen LogP contribution >= 0.6 is 0 Å². The van der Waals surface area contributed by atoms with Crippen molar-refractivity contribution in [3.63, 3.8) is 0 Å². The van der Waals surface area contributed by atoms with Crippen LogP contribution in [0.4, 0.5) is 22.0 Å². The molecule has 0 saturated heterocycles. The number of rotatable bonds is 5. The molecule has 148 valence electrons. The van der Waals surface area contributed by atoms with Crippen molar-refractivity contribution in [2.24, 2.45) is 0 Å². The summed E-state index contributed by atoms with van der Waals surface area (Å²) in [5.74, 6) is -0.592. The van der Waals surface area contributed by atoms with Crippen LogP contribution in [-0.2, 0) is 0 Å². The van der Waals surface area contributed by atoms with Crippen LogP contribution in [0.1, 0.15) is 49.2 Å². The Kier molecular flexibility index (Phi) is 5.49. The average Bonchev–Trinajstić information content (AvgIpc) is 3.11. The largest absolute Gasteiger partial charge is 0.410 e. The fourth-order valence-corrected chi connectivity index (χ4v) is 2.95. The first-order valence-corrected chi connectivity index (χ1v) is 8.65. The van der Waals surface area contributed by atoms with Crippen LogP contribution in [0, 0.1) is 0 Å². The molecule has 1 heterocycles. The first kappa shape index (κ1) is 20.0. The summed E-state index contributed by atoms with van der Waals surface area (Å²) < 4.78 is 67.7. The van der Waals surface area contributed by atoms with Gasteiger partial charge in [0.1, 0.15) is 11.9 Å². The van der Waals surface area contributed by atoms with Gasteiger partial charge in [-0.15, -0.1) is 0 Å². The first-order chi connectivity index (χ1) is 13.2. The van der Waals surface area contributed by atoms with Crippen LogP contribution in [0.5, 0.6) is 0 Å². The summed E-state index contributed by atoms with van der Waals surface area (Å²) in [5.41, 5.74) is 0.449. The van der Waals surface area contributed by atoms with E-state index in [4.69, 9.17) is 0 Å². The second-order valence-electron chi connectivity index (χ2n) is 6.48. The number of hydrogen-bond acceptors (Lipinski definition) is 2. The van der Waals surface area contributed by atoms with Crippen LogP contribution in [0.15, 0.2) is 54.6 Å². The maximum Gasteiger partial charge on any atom is 0.410 e. The molecule has 3 aromatic rings. The van der Waals surface area contributed by atoms with E-state index in [1.807, 2.05) is 0 Å². The van der Waals surface area contributed by atoms with Gasteiger partial charge in [0.05, 0.1) is 0 Å². The molecule has 1 unspecified atom stereocenters. The van der Waals surface area contributed by atoms with Gasteiger partial charge in [0, 0.05) is 17.0 Å². The molecule has 0 saturated carbocycles. The third-order valence-electron chi connectivity index (χ3n) is 4.62. The summed E-state index contributed by atoms with van der Waals surface area (Å²) in [5, 5.41) is 3.99. The topological polar surface area (TPSA) is 30.7 Å². The summed E-state index contributed by atoms with van der Waals surface area (Å²) in [6.45, 7) is 2.68. The Balaban J connectivity index is 2.16. The van der Waals surface area contributed by atoms with Gasteiger partial charge in [-0.1, -0.05) is 61.5 Å². The molecule has 3 nitrogen and oxygen atoms in total. The summed E-state index contributed by atoms with van der Waals surface area (Å²) in [7, 11) is 0. The highest BCUT2D eigenvalue weighted by atomic mass is 19.4. The predicted octanol–water partition coefficient (Wildman–Crippen LogP) is 6.16. The predicted molar refractivity (Wildman–Crippen MR) is 95.1 cm³/mol. The molecular weight excluding hydrogens is 377 g/mol.